The fourth-order valence-corrected chi connectivity index (χ4v) is 10.1. The predicted octanol–water partition coefficient (Wildman–Crippen LogP) is 13.0. The van der Waals surface area contributed by atoms with E-state index >= 15 is 0 Å². The molecule has 7 aromatic carbocycles. The standard InChI is InChI=1S/C57H42N2/c1-2-16-48(17-3-1)59-54-21-11-10-20-53(54)58-57(59)47-29-26-41-32-42(24-25-43(41)35-47)44-30-31-51-52(36-44)56(46-28-23-38-13-5-7-15-40(38)34-46)50-19-9-8-18-49(50)55(51)45-27-22-37-12-4-6-14-39(37)33-45/h1-7,11-19,21-24,26-36,43H,8-10,20,25H2. The second-order valence-corrected chi connectivity index (χ2v) is 16.4. The van der Waals surface area contributed by atoms with Crippen molar-refractivity contribution in [2.24, 2.45) is 5.92 Å². The smallest absolute Gasteiger partial charge is 0.145 e. The average Bonchev–Trinajstić information content (AvgIpc) is 3.70. The van der Waals surface area contributed by atoms with Gasteiger partial charge in [0.2, 0.25) is 0 Å². The lowest BCUT2D eigenvalue weighted by Crippen LogP contribution is -2.31. The number of benzene rings is 7. The SMILES string of the molecule is C1=Cc2c(nc(C3=CC4CC=C(c5ccc6c(-c7ccc8ccccc8c7)c7c(c(-c8ccc9ccccc9c8)c6c5)=CCCC=7)C=C4C=C3)n2-c2ccccc2)CC1. The minimum Gasteiger partial charge on any atom is -0.293 e. The number of nitrogens with zero attached hydrogens (tertiary/aromatic N) is 2. The minimum absolute atomic E-state index is 0.303. The van der Waals surface area contributed by atoms with Gasteiger partial charge in [-0.05, 0) is 150 Å². The van der Waals surface area contributed by atoms with Crippen LogP contribution in [0.15, 0.2) is 175 Å². The Morgan fingerprint density at radius 1 is 0.525 bits per heavy atom. The molecular weight excluding hydrogens is 713 g/mol. The zero-order valence-electron chi connectivity index (χ0n) is 32.9. The van der Waals surface area contributed by atoms with Crippen molar-refractivity contribution in [1.29, 1.82) is 0 Å². The summed E-state index contributed by atoms with van der Waals surface area (Å²) < 4.78 is 2.35. The molecule has 0 aliphatic heterocycles. The molecule has 4 aliphatic carbocycles. The number of allylic oxidation sites excluding steroid dienone is 9. The summed E-state index contributed by atoms with van der Waals surface area (Å²) in [5, 5.41) is 10.4. The Morgan fingerprint density at radius 2 is 1.19 bits per heavy atom. The third-order valence-electron chi connectivity index (χ3n) is 12.9. The van der Waals surface area contributed by atoms with Gasteiger partial charge in [-0.25, -0.2) is 4.98 Å². The molecule has 0 radical (unpaired) electrons. The molecule has 0 fully saturated rings. The van der Waals surface area contributed by atoms with Crippen LogP contribution >= 0.6 is 0 Å². The lowest BCUT2D eigenvalue weighted by Gasteiger charge is -2.24. The van der Waals surface area contributed by atoms with Crippen molar-refractivity contribution in [2.75, 3.05) is 0 Å². The predicted molar refractivity (Wildman–Crippen MR) is 249 cm³/mol. The molecule has 12 rings (SSSR count). The molecule has 280 valence electrons. The molecule has 2 nitrogen and oxygen atoms in total. The molecule has 1 unspecified atom stereocenters. The number of imidazole rings is 1. The normalized spacial score (nSPS) is 16.7. The van der Waals surface area contributed by atoms with E-state index in [9.17, 15) is 0 Å². The van der Waals surface area contributed by atoms with Crippen LogP contribution in [0.25, 0.3) is 89.6 Å². The van der Waals surface area contributed by atoms with Crippen molar-refractivity contribution >= 4 is 61.7 Å². The van der Waals surface area contributed by atoms with E-state index in [0.29, 0.717) is 5.92 Å². The van der Waals surface area contributed by atoms with Crippen molar-refractivity contribution in [3.05, 3.63) is 209 Å². The first kappa shape index (κ1) is 34.0. The van der Waals surface area contributed by atoms with Gasteiger partial charge in [-0.1, -0.05) is 152 Å². The lowest BCUT2D eigenvalue weighted by atomic mass is 9.81. The van der Waals surface area contributed by atoms with Crippen LogP contribution in [-0.4, -0.2) is 9.55 Å². The van der Waals surface area contributed by atoms with E-state index < -0.39 is 0 Å². The van der Waals surface area contributed by atoms with Gasteiger partial charge in [0.1, 0.15) is 5.82 Å². The van der Waals surface area contributed by atoms with Crippen LogP contribution in [0.3, 0.4) is 0 Å². The van der Waals surface area contributed by atoms with Crippen molar-refractivity contribution in [2.45, 2.75) is 32.1 Å². The second kappa shape index (κ2) is 13.8. The van der Waals surface area contributed by atoms with E-state index in [1.807, 2.05) is 0 Å². The molecule has 59 heavy (non-hydrogen) atoms. The monoisotopic (exact) mass is 754 g/mol. The highest BCUT2D eigenvalue weighted by Gasteiger charge is 2.25. The van der Waals surface area contributed by atoms with Gasteiger partial charge in [0.05, 0.1) is 11.4 Å². The van der Waals surface area contributed by atoms with E-state index in [1.54, 1.807) is 0 Å². The first-order valence-electron chi connectivity index (χ1n) is 21.2. The van der Waals surface area contributed by atoms with Crippen molar-refractivity contribution in [1.82, 2.24) is 9.55 Å². The summed E-state index contributed by atoms with van der Waals surface area (Å²) in [6.45, 7) is 0. The number of aromatic nitrogens is 2. The summed E-state index contributed by atoms with van der Waals surface area (Å²) in [7, 11) is 0. The maximum atomic E-state index is 5.26. The van der Waals surface area contributed by atoms with Crippen molar-refractivity contribution in [3.8, 4) is 27.9 Å². The number of aryl methyl sites for hydroxylation is 1. The van der Waals surface area contributed by atoms with Crippen LogP contribution in [0, 0.1) is 5.92 Å². The summed E-state index contributed by atoms with van der Waals surface area (Å²) in [6, 6.07) is 49.4. The first-order chi connectivity index (χ1) is 29.2. The Hall–Kier alpha value is -7.03. The van der Waals surface area contributed by atoms with E-state index in [2.05, 4.69) is 193 Å². The highest BCUT2D eigenvalue weighted by molar-refractivity contribution is 6.09. The van der Waals surface area contributed by atoms with Gasteiger partial charge >= 0.3 is 0 Å². The molecule has 1 heterocycles. The topological polar surface area (TPSA) is 17.8 Å². The van der Waals surface area contributed by atoms with E-state index in [0.717, 1.165) is 43.6 Å². The van der Waals surface area contributed by atoms with Gasteiger partial charge in [-0.2, -0.15) is 0 Å². The van der Waals surface area contributed by atoms with Gasteiger partial charge in [-0.15, -0.1) is 0 Å². The van der Waals surface area contributed by atoms with E-state index in [1.165, 1.54) is 98.7 Å². The zero-order chi connectivity index (χ0) is 38.9. The molecule has 0 saturated heterocycles. The molecule has 0 bridgehead atoms. The second-order valence-electron chi connectivity index (χ2n) is 16.4. The molecular formula is C57H42N2. The van der Waals surface area contributed by atoms with Crippen molar-refractivity contribution in [3.63, 3.8) is 0 Å². The maximum absolute atomic E-state index is 5.26. The molecule has 2 heteroatoms. The summed E-state index contributed by atoms with van der Waals surface area (Å²) in [5.74, 6) is 1.34. The number of fused-ring (bicyclic) bond motifs is 6. The Balaban J connectivity index is 0.994. The minimum atomic E-state index is 0.303. The van der Waals surface area contributed by atoms with E-state index in [4.69, 9.17) is 4.98 Å². The Kier molecular flexibility index (Phi) is 7.97. The van der Waals surface area contributed by atoms with Gasteiger partial charge in [-0.3, -0.25) is 4.57 Å². The van der Waals surface area contributed by atoms with Crippen LogP contribution in [0.5, 0.6) is 0 Å². The van der Waals surface area contributed by atoms with Gasteiger partial charge in [0.25, 0.3) is 0 Å². The quantitative estimate of drug-likeness (QED) is 0.171. The van der Waals surface area contributed by atoms with Crippen LogP contribution in [0.1, 0.15) is 48.5 Å². The third kappa shape index (κ3) is 5.74. The third-order valence-corrected chi connectivity index (χ3v) is 12.9. The summed E-state index contributed by atoms with van der Waals surface area (Å²) in [4.78, 5) is 5.26. The highest BCUT2D eigenvalue weighted by Crippen LogP contribution is 2.41. The summed E-state index contributed by atoms with van der Waals surface area (Å²) in [6.07, 6.45) is 26.5. The fourth-order valence-electron chi connectivity index (χ4n) is 10.1. The van der Waals surface area contributed by atoms with Crippen molar-refractivity contribution < 1.29 is 0 Å². The molecule has 0 N–H and O–H groups in total. The molecule has 4 aliphatic rings. The summed E-state index contributed by atoms with van der Waals surface area (Å²) >= 11 is 0. The van der Waals surface area contributed by atoms with Crippen LogP contribution < -0.4 is 10.4 Å². The largest absolute Gasteiger partial charge is 0.293 e. The molecule has 1 atom stereocenters. The van der Waals surface area contributed by atoms with Gasteiger partial charge in [0, 0.05) is 17.2 Å². The van der Waals surface area contributed by atoms with Gasteiger partial charge < -0.3 is 0 Å². The average molecular weight is 755 g/mol. The van der Waals surface area contributed by atoms with Crippen LogP contribution in [0.2, 0.25) is 0 Å². The first-order valence-corrected chi connectivity index (χ1v) is 21.2. The maximum Gasteiger partial charge on any atom is 0.145 e. The number of hydrogen-bond donors (Lipinski definition) is 0. The Morgan fingerprint density at radius 3 is 1.92 bits per heavy atom. The number of hydrogen-bond acceptors (Lipinski definition) is 1. The lowest BCUT2D eigenvalue weighted by molar-refractivity contribution is 0.783. The molecule has 0 amide bonds. The Bertz CT molecular complexity index is 3350. The highest BCUT2D eigenvalue weighted by atomic mass is 15.1. The fraction of sp³-hybridized carbons (Fsp3) is 0.105. The van der Waals surface area contributed by atoms with Crippen LogP contribution in [-0.2, 0) is 6.42 Å². The molecule has 1 aromatic heterocycles. The molecule has 8 aromatic rings. The Labute approximate surface area is 344 Å². The number of rotatable bonds is 5. The van der Waals surface area contributed by atoms with Gasteiger partial charge in [0.15, 0.2) is 0 Å². The zero-order valence-corrected chi connectivity index (χ0v) is 32.9. The van der Waals surface area contributed by atoms with E-state index in [-0.39, 0.29) is 0 Å². The van der Waals surface area contributed by atoms with Crippen LogP contribution in [0.4, 0.5) is 0 Å². The molecule has 0 spiro atoms. The number of para-hydroxylation sites is 1. The molecule has 0 saturated carbocycles. The summed E-state index contributed by atoms with van der Waals surface area (Å²) in [5.41, 5.74) is 13.9.